The highest BCUT2D eigenvalue weighted by Crippen LogP contribution is 2.34. The quantitative estimate of drug-likeness (QED) is 0.765. The van der Waals surface area contributed by atoms with Gasteiger partial charge in [-0.15, -0.1) is 0 Å². The van der Waals surface area contributed by atoms with Crippen molar-refractivity contribution in [3.05, 3.63) is 35.1 Å². The van der Waals surface area contributed by atoms with E-state index >= 15 is 0 Å². The van der Waals surface area contributed by atoms with Crippen molar-refractivity contribution in [2.45, 2.75) is 53.6 Å². The molecule has 1 aliphatic heterocycles. The van der Waals surface area contributed by atoms with Gasteiger partial charge in [0, 0.05) is 18.5 Å². The van der Waals surface area contributed by atoms with Gasteiger partial charge >= 0.3 is 0 Å². The minimum Gasteiger partial charge on any atom is -0.334 e. The van der Waals surface area contributed by atoms with Crippen LogP contribution in [0, 0.1) is 17.2 Å². The van der Waals surface area contributed by atoms with E-state index in [0.717, 1.165) is 12.0 Å². The highest BCUT2D eigenvalue weighted by molar-refractivity contribution is 5.79. The maximum atomic E-state index is 13.4. The average molecular weight is 277 g/mol. The van der Waals surface area contributed by atoms with Crippen molar-refractivity contribution in [3.63, 3.8) is 0 Å². The fourth-order valence-electron chi connectivity index (χ4n) is 2.89. The number of fused-ring (bicyclic) bond motifs is 1. The van der Waals surface area contributed by atoms with Crippen LogP contribution in [0.5, 0.6) is 0 Å². The Hall–Kier alpha value is -1.38. The molecule has 1 amide bonds. The Kier molecular flexibility index (Phi) is 3.90. The Morgan fingerprint density at radius 3 is 2.50 bits per heavy atom. The second kappa shape index (κ2) is 5.19. The highest BCUT2D eigenvalue weighted by Gasteiger charge is 2.37. The van der Waals surface area contributed by atoms with E-state index in [4.69, 9.17) is 0 Å². The molecule has 0 saturated heterocycles. The molecule has 0 aliphatic carbocycles. The lowest BCUT2D eigenvalue weighted by Crippen LogP contribution is -2.51. The van der Waals surface area contributed by atoms with E-state index in [1.54, 1.807) is 6.07 Å². The van der Waals surface area contributed by atoms with Gasteiger partial charge in [0.05, 0.1) is 0 Å². The zero-order valence-corrected chi connectivity index (χ0v) is 13.0. The molecule has 0 radical (unpaired) electrons. The van der Waals surface area contributed by atoms with Gasteiger partial charge in [-0.1, -0.05) is 40.7 Å². The van der Waals surface area contributed by atoms with Crippen molar-refractivity contribution < 1.29 is 9.18 Å². The van der Waals surface area contributed by atoms with Gasteiger partial charge in [-0.05, 0) is 35.1 Å². The number of hydrogen-bond donors (Lipinski definition) is 0. The molecule has 2 nitrogen and oxygen atoms in total. The highest BCUT2D eigenvalue weighted by atomic mass is 19.1. The molecule has 3 heteroatoms. The van der Waals surface area contributed by atoms with Crippen LogP contribution in [0.2, 0.25) is 0 Å². The summed E-state index contributed by atoms with van der Waals surface area (Å²) in [7, 11) is 0. The molecule has 1 aromatic carbocycles. The first kappa shape index (κ1) is 15.0. The van der Waals surface area contributed by atoms with E-state index in [9.17, 15) is 9.18 Å². The number of rotatable bonds is 1. The second-order valence-electron chi connectivity index (χ2n) is 7.12. The zero-order chi connectivity index (χ0) is 15.1. The zero-order valence-electron chi connectivity index (χ0n) is 13.0. The van der Waals surface area contributed by atoms with Gasteiger partial charge in [-0.2, -0.15) is 0 Å². The predicted molar refractivity (Wildman–Crippen MR) is 78.7 cm³/mol. The van der Waals surface area contributed by atoms with Crippen LogP contribution in [0.25, 0.3) is 0 Å². The molecule has 1 aliphatic rings. The largest absolute Gasteiger partial charge is 0.334 e. The van der Waals surface area contributed by atoms with Gasteiger partial charge in [0.1, 0.15) is 5.82 Å². The third-order valence-corrected chi connectivity index (χ3v) is 4.08. The van der Waals surface area contributed by atoms with Gasteiger partial charge in [0.15, 0.2) is 0 Å². The Bertz CT molecular complexity index is 516. The summed E-state index contributed by atoms with van der Waals surface area (Å²) in [6.07, 6.45) is 0.803. The fourth-order valence-corrected chi connectivity index (χ4v) is 2.89. The van der Waals surface area contributed by atoms with Crippen LogP contribution >= 0.6 is 0 Å². The van der Waals surface area contributed by atoms with E-state index in [1.807, 2.05) is 24.8 Å². The van der Waals surface area contributed by atoms with Crippen LogP contribution in [-0.4, -0.2) is 16.8 Å². The van der Waals surface area contributed by atoms with Crippen LogP contribution < -0.4 is 0 Å². The van der Waals surface area contributed by atoms with E-state index < -0.39 is 0 Å². The molecule has 20 heavy (non-hydrogen) atoms. The van der Waals surface area contributed by atoms with Crippen molar-refractivity contribution in [1.29, 1.82) is 0 Å². The lowest BCUT2D eigenvalue weighted by Gasteiger charge is -2.44. The van der Waals surface area contributed by atoms with Crippen molar-refractivity contribution in [2.24, 2.45) is 11.3 Å². The SMILES string of the molecule is CC(C)C(=O)N1Cc2cc(F)ccc2CC1C(C)(C)C. The van der Waals surface area contributed by atoms with Crippen LogP contribution in [0.15, 0.2) is 18.2 Å². The Morgan fingerprint density at radius 1 is 1.30 bits per heavy atom. The summed E-state index contributed by atoms with van der Waals surface area (Å²) in [5, 5.41) is 0. The molecule has 110 valence electrons. The number of amides is 1. The van der Waals surface area contributed by atoms with Crippen molar-refractivity contribution in [1.82, 2.24) is 4.90 Å². The molecule has 2 rings (SSSR count). The van der Waals surface area contributed by atoms with Gasteiger partial charge in [0.25, 0.3) is 0 Å². The van der Waals surface area contributed by atoms with Gasteiger partial charge in [0.2, 0.25) is 5.91 Å². The molecule has 0 spiro atoms. The molecule has 0 bridgehead atoms. The smallest absolute Gasteiger partial charge is 0.225 e. The number of carbonyl (C=O) groups is 1. The Labute approximate surface area is 121 Å². The van der Waals surface area contributed by atoms with E-state index in [2.05, 4.69) is 20.8 Å². The maximum absolute atomic E-state index is 13.4. The number of hydrogen-bond acceptors (Lipinski definition) is 1. The third-order valence-electron chi connectivity index (χ3n) is 4.08. The van der Waals surface area contributed by atoms with Crippen molar-refractivity contribution in [3.8, 4) is 0 Å². The molecule has 0 fully saturated rings. The molecule has 0 N–H and O–H groups in total. The normalized spacial score (nSPS) is 19.1. The van der Waals surface area contributed by atoms with Crippen LogP contribution in [0.4, 0.5) is 4.39 Å². The van der Waals surface area contributed by atoms with Crippen molar-refractivity contribution in [2.75, 3.05) is 0 Å². The molecule has 0 saturated carbocycles. The number of halogens is 1. The van der Waals surface area contributed by atoms with Crippen molar-refractivity contribution >= 4 is 5.91 Å². The van der Waals surface area contributed by atoms with Crippen LogP contribution in [0.3, 0.4) is 0 Å². The first-order valence-electron chi connectivity index (χ1n) is 7.28. The number of nitrogens with zero attached hydrogens (tertiary/aromatic N) is 1. The summed E-state index contributed by atoms with van der Waals surface area (Å²) in [4.78, 5) is 14.4. The predicted octanol–water partition coefficient (Wildman–Crippen LogP) is 3.78. The monoisotopic (exact) mass is 277 g/mol. The van der Waals surface area contributed by atoms with Gasteiger partial charge in [-0.3, -0.25) is 4.79 Å². The summed E-state index contributed by atoms with van der Waals surface area (Å²) in [6, 6.07) is 5.10. The minimum atomic E-state index is -0.227. The molecule has 1 atom stereocenters. The first-order chi connectivity index (χ1) is 9.20. The molecule has 1 unspecified atom stereocenters. The lowest BCUT2D eigenvalue weighted by atomic mass is 9.78. The van der Waals surface area contributed by atoms with E-state index in [0.29, 0.717) is 6.54 Å². The van der Waals surface area contributed by atoms with E-state index in [1.165, 1.54) is 11.6 Å². The second-order valence-corrected chi connectivity index (χ2v) is 7.12. The summed E-state index contributed by atoms with van der Waals surface area (Å²) >= 11 is 0. The maximum Gasteiger partial charge on any atom is 0.225 e. The molecule has 0 aromatic heterocycles. The number of carbonyl (C=O) groups excluding carboxylic acids is 1. The molecular weight excluding hydrogens is 253 g/mol. The molecule has 1 aromatic rings. The topological polar surface area (TPSA) is 20.3 Å². The Balaban J connectivity index is 2.41. The van der Waals surface area contributed by atoms with E-state index in [-0.39, 0.29) is 29.1 Å². The van der Waals surface area contributed by atoms with Crippen LogP contribution in [-0.2, 0) is 17.8 Å². The average Bonchev–Trinajstić information content (AvgIpc) is 2.34. The summed E-state index contributed by atoms with van der Waals surface area (Å²) < 4.78 is 13.4. The Morgan fingerprint density at radius 2 is 1.95 bits per heavy atom. The summed E-state index contributed by atoms with van der Waals surface area (Å²) in [5.74, 6) is -0.107. The van der Waals surface area contributed by atoms with Gasteiger partial charge < -0.3 is 4.90 Å². The standard InChI is InChI=1S/C17H24FNO/c1-11(2)16(20)19-10-13-8-14(18)7-6-12(13)9-15(19)17(3,4)5/h6-8,11,15H,9-10H2,1-5H3. The third kappa shape index (κ3) is 2.87. The fraction of sp³-hybridized carbons (Fsp3) is 0.588. The summed E-state index contributed by atoms with van der Waals surface area (Å²) in [6.45, 7) is 10.8. The number of benzene rings is 1. The first-order valence-corrected chi connectivity index (χ1v) is 7.28. The lowest BCUT2D eigenvalue weighted by molar-refractivity contribution is -0.140. The van der Waals surface area contributed by atoms with Crippen LogP contribution in [0.1, 0.15) is 45.7 Å². The molecule has 1 heterocycles. The molecular formula is C17H24FNO. The van der Waals surface area contributed by atoms with Gasteiger partial charge in [-0.25, -0.2) is 4.39 Å². The summed E-state index contributed by atoms with van der Waals surface area (Å²) in [5.41, 5.74) is 2.12. The minimum absolute atomic E-state index is 0.0105.